The summed E-state index contributed by atoms with van der Waals surface area (Å²) in [6.07, 6.45) is 1.60. The fourth-order valence-corrected chi connectivity index (χ4v) is 2.09. The lowest BCUT2D eigenvalue weighted by Gasteiger charge is -2.21. The molecule has 0 saturated carbocycles. The Morgan fingerprint density at radius 2 is 2.33 bits per heavy atom. The molecule has 2 aromatic rings. The summed E-state index contributed by atoms with van der Waals surface area (Å²) in [6.45, 7) is 4.85. The van der Waals surface area contributed by atoms with Crippen molar-refractivity contribution in [3.63, 3.8) is 0 Å². The molecule has 0 spiro atoms. The highest BCUT2D eigenvalue weighted by atomic mass is 16.5. The standard InChI is InChI=1S/C12H15N3O3/c1-7-8(3-4-17-7)10-14-11(18-15-10)12(2)6-16-5-9(12)13/h3-4,9H,5-6,13H2,1-2H3. The molecule has 0 aliphatic carbocycles. The van der Waals surface area contributed by atoms with E-state index in [1.165, 1.54) is 0 Å². The smallest absolute Gasteiger partial charge is 0.236 e. The summed E-state index contributed by atoms with van der Waals surface area (Å²) in [5.41, 5.74) is 6.45. The molecular weight excluding hydrogens is 234 g/mol. The maximum atomic E-state index is 6.03. The molecule has 0 bridgehead atoms. The number of aryl methyl sites for hydroxylation is 1. The Labute approximate surface area is 104 Å². The molecule has 1 aliphatic heterocycles. The van der Waals surface area contributed by atoms with E-state index < -0.39 is 5.41 Å². The van der Waals surface area contributed by atoms with Gasteiger partial charge in [0.1, 0.15) is 5.76 Å². The van der Waals surface area contributed by atoms with Gasteiger partial charge in [-0.05, 0) is 19.9 Å². The summed E-state index contributed by atoms with van der Waals surface area (Å²) in [6, 6.07) is 1.69. The second kappa shape index (κ2) is 3.93. The van der Waals surface area contributed by atoms with Gasteiger partial charge in [-0.2, -0.15) is 4.98 Å². The molecule has 1 saturated heterocycles. The lowest BCUT2D eigenvalue weighted by Crippen LogP contribution is -2.42. The van der Waals surface area contributed by atoms with Gasteiger partial charge in [-0.15, -0.1) is 0 Å². The molecular formula is C12H15N3O3. The lowest BCUT2D eigenvalue weighted by molar-refractivity contribution is 0.169. The van der Waals surface area contributed by atoms with Gasteiger partial charge in [0, 0.05) is 6.04 Å². The number of aromatic nitrogens is 2. The van der Waals surface area contributed by atoms with Gasteiger partial charge < -0.3 is 19.4 Å². The summed E-state index contributed by atoms with van der Waals surface area (Å²) < 4.78 is 15.9. The van der Waals surface area contributed by atoms with Crippen LogP contribution in [0.1, 0.15) is 18.6 Å². The van der Waals surface area contributed by atoms with Crippen molar-refractivity contribution in [2.75, 3.05) is 13.2 Å². The number of ether oxygens (including phenoxy) is 1. The summed E-state index contributed by atoms with van der Waals surface area (Å²) in [7, 11) is 0. The van der Waals surface area contributed by atoms with Crippen molar-refractivity contribution in [1.82, 2.24) is 10.1 Å². The average molecular weight is 249 g/mol. The van der Waals surface area contributed by atoms with Crippen LogP contribution in [0.15, 0.2) is 21.3 Å². The molecule has 3 heterocycles. The molecule has 0 aromatic carbocycles. The van der Waals surface area contributed by atoms with Crippen LogP contribution in [-0.2, 0) is 10.2 Å². The largest absolute Gasteiger partial charge is 0.469 e. The van der Waals surface area contributed by atoms with Crippen LogP contribution in [0, 0.1) is 6.92 Å². The van der Waals surface area contributed by atoms with E-state index in [2.05, 4.69) is 10.1 Å². The molecule has 6 nitrogen and oxygen atoms in total. The van der Waals surface area contributed by atoms with Crippen molar-refractivity contribution >= 4 is 0 Å². The van der Waals surface area contributed by atoms with E-state index in [9.17, 15) is 0 Å². The molecule has 1 aliphatic rings. The van der Waals surface area contributed by atoms with E-state index >= 15 is 0 Å². The van der Waals surface area contributed by atoms with Crippen LogP contribution >= 0.6 is 0 Å². The number of furan rings is 1. The molecule has 0 radical (unpaired) electrons. The number of hydrogen-bond acceptors (Lipinski definition) is 6. The van der Waals surface area contributed by atoms with E-state index in [0.717, 1.165) is 11.3 Å². The molecule has 3 rings (SSSR count). The van der Waals surface area contributed by atoms with Crippen LogP contribution in [0.5, 0.6) is 0 Å². The zero-order valence-electron chi connectivity index (χ0n) is 10.3. The van der Waals surface area contributed by atoms with E-state index in [1.54, 1.807) is 6.26 Å². The maximum Gasteiger partial charge on any atom is 0.236 e. The Kier molecular flexibility index (Phi) is 2.49. The quantitative estimate of drug-likeness (QED) is 0.861. The van der Waals surface area contributed by atoms with Crippen LogP contribution in [-0.4, -0.2) is 29.4 Å². The first-order valence-electron chi connectivity index (χ1n) is 5.83. The van der Waals surface area contributed by atoms with E-state index in [0.29, 0.717) is 24.9 Å². The number of hydrogen-bond donors (Lipinski definition) is 1. The third-order valence-corrected chi connectivity index (χ3v) is 3.53. The summed E-state index contributed by atoms with van der Waals surface area (Å²) in [5.74, 6) is 1.80. The van der Waals surface area contributed by atoms with Crippen LogP contribution in [0.25, 0.3) is 11.4 Å². The lowest BCUT2D eigenvalue weighted by atomic mass is 9.86. The SMILES string of the molecule is Cc1occc1-c1noc(C2(C)COCC2N)n1. The normalized spacial score (nSPS) is 27.8. The molecule has 6 heteroatoms. The third kappa shape index (κ3) is 1.57. The summed E-state index contributed by atoms with van der Waals surface area (Å²) >= 11 is 0. The van der Waals surface area contributed by atoms with Gasteiger partial charge in [-0.1, -0.05) is 5.16 Å². The van der Waals surface area contributed by atoms with Crippen LogP contribution in [0.3, 0.4) is 0 Å². The van der Waals surface area contributed by atoms with Gasteiger partial charge >= 0.3 is 0 Å². The molecule has 1 fully saturated rings. The Balaban J connectivity index is 1.97. The van der Waals surface area contributed by atoms with Gasteiger partial charge in [-0.25, -0.2) is 0 Å². The molecule has 0 amide bonds. The average Bonchev–Trinajstić information content (AvgIpc) is 3.01. The fourth-order valence-electron chi connectivity index (χ4n) is 2.09. The molecule has 2 atom stereocenters. The minimum Gasteiger partial charge on any atom is -0.469 e. The Morgan fingerprint density at radius 3 is 2.94 bits per heavy atom. The number of rotatable bonds is 2. The van der Waals surface area contributed by atoms with Crippen molar-refractivity contribution in [2.45, 2.75) is 25.3 Å². The zero-order chi connectivity index (χ0) is 12.8. The van der Waals surface area contributed by atoms with Gasteiger partial charge in [0.25, 0.3) is 0 Å². The predicted octanol–water partition coefficient (Wildman–Crippen LogP) is 1.25. The Bertz CT molecular complexity index is 562. The molecule has 96 valence electrons. The van der Waals surface area contributed by atoms with Crippen LogP contribution in [0.2, 0.25) is 0 Å². The molecule has 2 aromatic heterocycles. The molecule has 18 heavy (non-hydrogen) atoms. The van der Waals surface area contributed by atoms with Crippen molar-refractivity contribution < 1.29 is 13.7 Å². The van der Waals surface area contributed by atoms with Crippen molar-refractivity contribution in [3.8, 4) is 11.4 Å². The molecule has 2 N–H and O–H groups in total. The van der Waals surface area contributed by atoms with Gasteiger partial charge in [0.15, 0.2) is 0 Å². The second-order valence-electron chi connectivity index (χ2n) is 4.85. The van der Waals surface area contributed by atoms with Crippen LogP contribution in [0.4, 0.5) is 0 Å². The Morgan fingerprint density at radius 1 is 1.50 bits per heavy atom. The highest BCUT2D eigenvalue weighted by Crippen LogP contribution is 2.32. The fraction of sp³-hybridized carbons (Fsp3) is 0.500. The first-order valence-corrected chi connectivity index (χ1v) is 5.83. The minimum absolute atomic E-state index is 0.128. The van der Waals surface area contributed by atoms with Gasteiger partial charge in [0.05, 0.1) is 30.5 Å². The monoisotopic (exact) mass is 249 g/mol. The van der Waals surface area contributed by atoms with Gasteiger partial charge in [0.2, 0.25) is 11.7 Å². The van der Waals surface area contributed by atoms with Crippen molar-refractivity contribution in [3.05, 3.63) is 24.0 Å². The highest BCUT2D eigenvalue weighted by molar-refractivity contribution is 5.56. The van der Waals surface area contributed by atoms with Gasteiger partial charge in [-0.3, -0.25) is 0 Å². The first kappa shape index (κ1) is 11.4. The van der Waals surface area contributed by atoms with Crippen molar-refractivity contribution in [2.24, 2.45) is 5.73 Å². The Hall–Kier alpha value is -1.66. The predicted molar refractivity (Wildman–Crippen MR) is 62.9 cm³/mol. The van der Waals surface area contributed by atoms with E-state index in [1.807, 2.05) is 19.9 Å². The maximum absolute atomic E-state index is 6.03. The highest BCUT2D eigenvalue weighted by Gasteiger charge is 2.44. The van der Waals surface area contributed by atoms with E-state index in [4.69, 9.17) is 19.4 Å². The van der Waals surface area contributed by atoms with Crippen molar-refractivity contribution in [1.29, 1.82) is 0 Å². The topological polar surface area (TPSA) is 87.3 Å². The minimum atomic E-state index is -0.414. The number of nitrogens with two attached hydrogens (primary N) is 1. The number of nitrogens with zero attached hydrogens (tertiary/aromatic N) is 2. The third-order valence-electron chi connectivity index (χ3n) is 3.53. The molecule has 2 unspecified atom stereocenters. The summed E-state index contributed by atoms with van der Waals surface area (Å²) in [5, 5.41) is 3.99. The van der Waals surface area contributed by atoms with Crippen LogP contribution < -0.4 is 5.73 Å². The van der Waals surface area contributed by atoms with E-state index in [-0.39, 0.29) is 6.04 Å². The second-order valence-corrected chi connectivity index (χ2v) is 4.85. The zero-order valence-corrected chi connectivity index (χ0v) is 10.3. The first-order chi connectivity index (χ1) is 8.61. The summed E-state index contributed by atoms with van der Waals surface area (Å²) in [4.78, 5) is 4.42.